The van der Waals surface area contributed by atoms with Gasteiger partial charge in [-0.3, -0.25) is 9.36 Å². The van der Waals surface area contributed by atoms with Crippen LogP contribution in [0.3, 0.4) is 0 Å². The van der Waals surface area contributed by atoms with E-state index in [1.165, 1.54) is 128 Å². The topological polar surface area (TPSA) is 108 Å². The monoisotopic (exact) mass is 705 g/mol. The van der Waals surface area contributed by atoms with Crippen LogP contribution in [0, 0.1) is 0 Å². The Morgan fingerprint density at radius 3 is 1.42 bits per heavy atom. The number of hydrogen-bond acceptors (Lipinski definition) is 6. The summed E-state index contributed by atoms with van der Waals surface area (Å²) in [6, 6.07) is -0.790. The van der Waals surface area contributed by atoms with E-state index >= 15 is 0 Å². The Morgan fingerprint density at radius 2 is 1.02 bits per heavy atom. The summed E-state index contributed by atoms with van der Waals surface area (Å²) in [5.74, 6) is -0.164. The second-order valence-electron chi connectivity index (χ2n) is 15.4. The first-order valence-electron chi connectivity index (χ1n) is 20.4. The number of phosphoric ester groups is 1. The molecule has 0 heterocycles. The van der Waals surface area contributed by atoms with E-state index in [0.717, 1.165) is 38.5 Å². The number of nitrogens with one attached hydrogen (secondary N) is 1. The van der Waals surface area contributed by atoms with E-state index in [1.807, 2.05) is 21.1 Å². The number of phosphoric acid groups is 1. The van der Waals surface area contributed by atoms with Gasteiger partial charge < -0.3 is 28.8 Å². The van der Waals surface area contributed by atoms with Crippen molar-refractivity contribution in [3.63, 3.8) is 0 Å². The molecule has 3 unspecified atom stereocenters. The van der Waals surface area contributed by atoms with Crippen LogP contribution in [0.25, 0.3) is 0 Å². The molecule has 2 N–H and O–H groups in total. The molecule has 48 heavy (non-hydrogen) atoms. The fraction of sp³-hybridized carbons (Fsp3) is 0.974. The lowest BCUT2D eigenvalue weighted by atomic mass is 10.0. The van der Waals surface area contributed by atoms with Gasteiger partial charge in [0.05, 0.1) is 39.9 Å². The highest BCUT2D eigenvalue weighted by Crippen LogP contribution is 2.38. The number of aliphatic hydroxyl groups excluding tert-OH is 1. The van der Waals surface area contributed by atoms with E-state index in [2.05, 4.69) is 19.2 Å². The standard InChI is InChI=1S/C39H81N2O6P/c1-6-8-10-12-14-16-17-18-19-20-21-22-23-25-27-29-31-33-39(43)40-37(36-47-48(44,45)46-35-34-41(3,4)5)38(42)32-30-28-26-24-15-13-11-9-7-2/h37-38,42H,6-36H2,1-5H3,(H-,40,43,44,45). The van der Waals surface area contributed by atoms with Crippen molar-refractivity contribution in [2.45, 2.75) is 206 Å². The van der Waals surface area contributed by atoms with Gasteiger partial charge in [0.15, 0.2) is 0 Å². The minimum absolute atomic E-state index is 0.0155. The Morgan fingerprint density at radius 1 is 0.646 bits per heavy atom. The van der Waals surface area contributed by atoms with Gasteiger partial charge in [0, 0.05) is 6.42 Å². The molecule has 0 saturated heterocycles. The largest absolute Gasteiger partial charge is 0.756 e. The second-order valence-corrected chi connectivity index (χ2v) is 16.8. The van der Waals surface area contributed by atoms with Gasteiger partial charge in [0.25, 0.3) is 7.82 Å². The molecule has 0 aromatic heterocycles. The molecule has 0 aromatic carbocycles. The molecule has 0 bridgehead atoms. The van der Waals surface area contributed by atoms with Crippen molar-refractivity contribution in [1.29, 1.82) is 0 Å². The average molecular weight is 705 g/mol. The zero-order valence-electron chi connectivity index (χ0n) is 32.5. The van der Waals surface area contributed by atoms with Gasteiger partial charge in [0.2, 0.25) is 5.91 Å². The fourth-order valence-corrected chi connectivity index (χ4v) is 6.76. The van der Waals surface area contributed by atoms with Crippen molar-refractivity contribution in [2.24, 2.45) is 0 Å². The molecule has 0 spiro atoms. The van der Waals surface area contributed by atoms with E-state index in [4.69, 9.17) is 9.05 Å². The molecule has 0 fully saturated rings. The average Bonchev–Trinajstić information content (AvgIpc) is 3.02. The molecule has 0 aromatic rings. The van der Waals surface area contributed by atoms with Crippen LogP contribution in [0.2, 0.25) is 0 Å². The van der Waals surface area contributed by atoms with E-state index in [0.29, 0.717) is 23.9 Å². The maximum atomic E-state index is 12.8. The molecule has 0 aliphatic rings. The Bertz CT molecular complexity index is 763. The molecule has 288 valence electrons. The van der Waals surface area contributed by atoms with Crippen LogP contribution in [0.1, 0.15) is 194 Å². The van der Waals surface area contributed by atoms with Crippen LogP contribution in [0.5, 0.6) is 0 Å². The van der Waals surface area contributed by atoms with Crippen molar-refractivity contribution in [3.05, 3.63) is 0 Å². The number of amides is 1. The normalized spacial score (nSPS) is 14.6. The van der Waals surface area contributed by atoms with Crippen LogP contribution < -0.4 is 10.2 Å². The second kappa shape index (κ2) is 32.4. The zero-order chi connectivity index (χ0) is 35.8. The van der Waals surface area contributed by atoms with Gasteiger partial charge in [-0.15, -0.1) is 0 Å². The summed E-state index contributed by atoms with van der Waals surface area (Å²) in [7, 11) is 1.31. The third kappa shape index (κ3) is 34.0. The van der Waals surface area contributed by atoms with Crippen LogP contribution in [-0.4, -0.2) is 68.5 Å². The zero-order valence-corrected chi connectivity index (χ0v) is 33.4. The van der Waals surface area contributed by atoms with Crippen LogP contribution in [0.4, 0.5) is 0 Å². The number of carbonyl (C=O) groups excluding carboxylic acids is 1. The van der Waals surface area contributed by atoms with Crippen LogP contribution in [0.15, 0.2) is 0 Å². The summed E-state index contributed by atoms with van der Waals surface area (Å²) in [5, 5.41) is 13.8. The van der Waals surface area contributed by atoms with Gasteiger partial charge in [-0.1, -0.05) is 174 Å². The molecule has 0 radical (unpaired) electrons. The van der Waals surface area contributed by atoms with Crippen LogP contribution in [-0.2, 0) is 18.4 Å². The number of unbranched alkanes of at least 4 members (excludes halogenated alkanes) is 24. The molecular weight excluding hydrogens is 623 g/mol. The number of likely N-dealkylation sites (N-methyl/N-ethyl adjacent to an activating group) is 1. The molecule has 3 atom stereocenters. The lowest BCUT2D eigenvalue weighted by molar-refractivity contribution is -0.870. The maximum Gasteiger partial charge on any atom is 0.268 e. The first kappa shape index (κ1) is 47.5. The highest BCUT2D eigenvalue weighted by Gasteiger charge is 2.24. The smallest absolute Gasteiger partial charge is 0.268 e. The Labute approximate surface area is 298 Å². The predicted octanol–water partition coefficient (Wildman–Crippen LogP) is 10.0. The number of rotatable bonds is 37. The number of hydrogen-bond donors (Lipinski definition) is 2. The van der Waals surface area contributed by atoms with Gasteiger partial charge in [-0.05, 0) is 12.8 Å². The highest BCUT2D eigenvalue weighted by molar-refractivity contribution is 7.45. The van der Waals surface area contributed by atoms with Gasteiger partial charge in [-0.2, -0.15) is 0 Å². The summed E-state index contributed by atoms with van der Waals surface area (Å²) < 4.78 is 23.1. The minimum Gasteiger partial charge on any atom is -0.756 e. The van der Waals surface area contributed by atoms with Crippen molar-refractivity contribution < 1.29 is 32.9 Å². The van der Waals surface area contributed by atoms with E-state index < -0.39 is 20.0 Å². The van der Waals surface area contributed by atoms with Crippen molar-refractivity contribution in [2.75, 3.05) is 40.9 Å². The molecule has 8 nitrogen and oxygen atoms in total. The quantitative estimate of drug-likeness (QED) is 0.0379. The first-order valence-corrected chi connectivity index (χ1v) is 21.8. The summed E-state index contributed by atoms with van der Waals surface area (Å²) in [6.07, 6.45) is 32.5. The number of carbonyl (C=O) groups is 1. The SMILES string of the molecule is CCCCCCCCCCCCCCCCCCCC(=O)NC(COP(=O)([O-])OCC[N+](C)(C)C)C(O)CCCCCCCCCCC. The van der Waals surface area contributed by atoms with Gasteiger partial charge in [0.1, 0.15) is 13.2 Å². The van der Waals surface area contributed by atoms with E-state index in [9.17, 15) is 19.4 Å². The molecule has 1 amide bonds. The lowest BCUT2D eigenvalue weighted by Gasteiger charge is -2.30. The fourth-order valence-electron chi connectivity index (χ4n) is 6.04. The van der Waals surface area contributed by atoms with Crippen LogP contribution >= 0.6 is 7.82 Å². The minimum atomic E-state index is -4.55. The Kier molecular flexibility index (Phi) is 32.1. The lowest BCUT2D eigenvalue weighted by Crippen LogP contribution is -2.46. The number of aliphatic hydroxyl groups is 1. The van der Waals surface area contributed by atoms with Crippen molar-refractivity contribution >= 4 is 13.7 Å². The van der Waals surface area contributed by atoms with Gasteiger partial charge in [-0.25, -0.2) is 0 Å². The molecule has 0 aliphatic heterocycles. The summed E-state index contributed by atoms with van der Waals surface area (Å²) in [6.45, 7) is 4.70. The first-order chi connectivity index (χ1) is 23.0. The van der Waals surface area contributed by atoms with Crippen molar-refractivity contribution in [3.8, 4) is 0 Å². The Balaban J connectivity index is 4.30. The molecule has 0 rings (SSSR count). The molecule has 9 heteroatoms. The molecule has 0 saturated carbocycles. The summed E-state index contributed by atoms with van der Waals surface area (Å²) in [5.41, 5.74) is 0. The maximum absolute atomic E-state index is 12.8. The molecular formula is C39H81N2O6P. The Hall–Kier alpha value is -0.500. The van der Waals surface area contributed by atoms with Crippen molar-refractivity contribution in [1.82, 2.24) is 5.32 Å². The number of nitrogens with zero attached hydrogens (tertiary/aromatic N) is 1. The summed E-state index contributed by atoms with van der Waals surface area (Å²) in [4.78, 5) is 25.2. The van der Waals surface area contributed by atoms with E-state index in [1.54, 1.807) is 0 Å². The number of quaternary nitrogens is 1. The predicted molar refractivity (Wildman–Crippen MR) is 201 cm³/mol. The highest BCUT2D eigenvalue weighted by atomic mass is 31.2. The third-order valence-corrected chi connectivity index (χ3v) is 10.3. The third-order valence-electron chi connectivity index (χ3n) is 9.35. The molecule has 0 aliphatic carbocycles. The van der Waals surface area contributed by atoms with E-state index in [-0.39, 0.29) is 19.1 Å². The van der Waals surface area contributed by atoms with Gasteiger partial charge >= 0.3 is 0 Å². The summed E-state index contributed by atoms with van der Waals surface area (Å²) >= 11 is 0.